The van der Waals surface area contributed by atoms with Crippen LogP contribution >= 0.6 is 0 Å². The SMILES string of the molecule is CCCCCCCCOc1ccc(N(c2ccc(OCCCCCCCC)cc2)c2ccc(-c3c4nc(c(-c5ccccc5)c5ccc([nH]5)c(-c5ccc(C(=O)O)cc5)c5nc(c(-c6ccccc6)c6ccc3[nH]6)C=C5)C=C4)cc2)cc1. The molecule has 82 heavy (non-hydrogen) atoms. The van der Waals surface area contributed by atoms with Crippen molar-refractivity contribution in [2.75, 3.05) is 18.1 Å². The van der Waals surface area contributed by atoms with Crippen molar-refractivity contribution in [3.63, 3.8) is 0 Å². The molecule has 0 aliphatic carbocycles. The number of carboxylic acids is 1. The molecule has 0 spiro atoms. The molecule has 9 heteroatoms. The van der Waals surface area contributed by atoms with Crippen LogP contribution in [0.2, 0.25) is 0 Å². The van der Waals surface area contributed by atoms with E-state index < -0.39 is 5.97 Å². The molecule has 0 unspecified atom stereocenters. The second-order valence-electron chi connectivity index (χ2n) is 21.2. The Labute approximate surface area is 481 Å². The number of unbranched alkanes of at least 4 members (excludes halogenated alkanes) is 10. The molecular weight excluding hydrogens is 1010 g/mol. The van der Waals surface area contributed by atoms with Crippen molar-refractivity contribution in [3.05, 3.63) is 210 Å². The molecule has 9 nitrogen and oxygen atoms in total. The average Bonchev–Trinajstić information content (AvgIpc) is 3.89. The number of hydrogen-bond donors (Lipinski definition) is 3. The normalized spacial score (nSPS) is 11.7. The Morgan fingerprint density at radius 2 is 0.707 bits per heavy atom. The lowest BCUT2D eigenvalue weighted by Gasteiger charge is -2.26. The molecule has 5 heterocycles. The van der Waals surface area contributed by atoms with E-state index in [9.17, 15) is 9.90 Å². The Balaban J connectivity index is 1.04. The molecule has 2 aliphatic rings. The number of benzene rings is 6. The zero-order valence-electron chi connectivity index (χ0n) is 47.0. The van der Waals surface area contributed by atoms with E-state index in [4.69, 9.17) is 19.4 Å². The van der Waals surface area contributed by atoms with Crippen molar-refractivity contribution in [3.8, 4) is 56.0 Å². The highest BCUT2D eigenvalue weighted by molar-refractivity contribution is 6.00. The number of ether oxygens (including phenoxy) is 2. The molecule has 0 fully saturated rings. The molecule has 0 saturated carbocycles. The maximum atomic E-state index is 12.0. The van der Waals surface area contributed by atoms with Gasteiger partial charge in [-0.3, -0.25) is 0 Å². The quantitative estimate of drug-likeness (QED) is 0.0516. The minimum atomic E-state index is -0.978. The third kappa shape index (κ3) is 12.7. The summed E-state index contributed by atoms with van der Waals surface area (Å²) in [6.45, 7) is 5.93. The van der Waals surface area contributed by atoms with Crippen molar-refractivity contribution in [1.82, 2.24) is 19.9 Å². The van der Waals surface area contributed by atoms with Gasteiger partial charge in [0.25, 0.3) is 0 Å². The molecule has 8 bridgehead atoms. The van der Waals surface area contributed by atoms with Crippen LogP contribution in [0, 0.1) is 0 Å². The largest absolute Gasteiger partial charge is 0.494 e. The standard InChI is InChI=1S/C73H71N5O4/c1-3-5-7-9-11-19-49-81-59-37-33-57(34-38-59)78(58-35-39-60(40-36-58)82-50-20-12-10-8-6-4-2)56-31-29-54(30-32-56)72-67-47-43-63(76-67)69(51-21-15-13-16-22-51)61-41-45-65(74-61)71(53-25-27-55(28-26-53)73(79)80)66-46-42-62(75-66)70(52-23-17-14-18-24-52)64-44-48-68(72)77-64/h13-18,21-48,74,77H,3-12,19-20,49-50H2,1-2H3,(H,79,80). The van der Waals surface area contributed by atoms with Crippen LogP contribution in [-0.2, 0) is 0 Å². The first-order valence-corrected chi connectivity index (χ1v) is 29.4. The van der Waals surface area contributed by atoms with Gasteiger partial charge in [0.15, 0.2) is 0 Å². The first-order valence-electron chi connectivity index (χ1n) is 29.4. The number of fused-ring (bicyclic) bond motifs is 8. The molecule has 3 N–H and O–H groups in total. The number of carbonyl (C=O) groups is 1. The van der Waals surface area contributed by atoms with Gasteiger partial charge in [0.1, 0.15) is 11.5 Å². The lowest BCUT2D eigenvalue weighted by atomic mass is 10.0. The fraction of sp³-hybridized carbons (Fsp3) is 0.219. The van der Waals surface area contributed by atoms with Crippen LogP contribution in [0.3, 0.4) is 0 Å². The lowest BCUT2D eigenvalue weighted by Crippen LogP contribution is -2.10. The summed E-state index contributed by atoms with van der Waals surface area (Å²) in [5.74, 6) is 0.761. The van der Waals surface area contributed by atoms with Gasteiger partial charge < -0.3 is 29.4 Å². The molecular formula is C73H71N5O4. The van der Waals surface area contributed by atoms with Crippen molar-refractivity contribution in [1.29, 1.82) is 0 Å². The second kappa shape index (κ2) is 26.4. The van der Waals surface area contributed by atoms with Crippen molar-refractivity contribution in [2.45, 2.75) is 90.9 Å². The molecule has 11 rings (SSSR count). The highest BCUT2D eigenvalue weighted by Gasteiger charge is 2.21. The van der Waals surface area contributed by atoms with E-state index >= 15 is 0 Å². The predicted octanol–water partition coefficient (Wildman–Crippen LogP) is 20.0. The molecule has 2 aliphatic heterocycles. The van der Waals surface area contributed by atoms with Crippen molar-refractivity contribution < 1.29 is 19.4 Å². The molecule has 3 aromatic heterocycles. The maximum Gasteiger partial charge on any atom is 0.335 e. The second-order valence-corrected chi connectivity index (χ2v) is 21.2. The zero-order chi connectivity index (χ0) is 56.0. The molecule has 0 radical (unpaired) electrons. The van der Waals surface area contributed by atoms with Gasteiger partial charge in [-0.25, -0.2) is 14.8 Å². The number of aromatic nitrogens is 4. The number of anilines is 3. The third-order valence-electron chi connectivity index (χ3n) is 15.4. The minimum absolute atomic E-state index is 0.214. The number of rotatable bonds is 24. The number of carboxylic acid groups (broad SMARTS) is 1. The van der Waals surface area contributed by atoms with Gasteiger partial charge in [0.2, 0.25) is 0 Å². The molecule has 0 amide bonds. The van der Waals surface area contributed by atoms with E-state index in [0.717, 1.165) is 131 Å². The van der Waals surface area contributed by atoms with E-state index in [0.29, 0.717) is 13.2 Å². The summed E-state index contributed by atoms with van der Waals surface area (Å²) in [4.78, 5) is 32.9. The van der Waals surface area contributed by atoms with Crippen LogP contribution in [0.15, 0.2) is 182 Å². The monoisotopic (exact) mass is 1080 g/mol. The molecule has 412 valence electrons. The van der Waals surface area contributed by atoms with Crippen LogP contribution in [0.5, 0.6) is 11.5 Å². The number of aromatic carboxylic acids is 1. The topological polar surface area (TPSA) is 116 Å². The van der Waals surface area contributed by atoms with Crippen LogP contribution in [0.25, 0.3) is 90.9 Å². The fourth-order valence-corrected chi connectivity index (χ4v) is 11.2. The Morgan fingerprint density at radius 1 is 0.390 bits per heavy atom. The zero-order valence-corrected chi connectivity index (χ0v) is 47.0. The van der Waals surface area contributed by atoms with E-state index in [1.54, 1.807) is 12.1 Å². The Bertz CT molecular complexity index is 3740. The minimum Gasteiger partial charge on any atom is -0.494 e. The van der Waals surface area contributed by atoms with E-state index in [2.05, 4.69) is 199 Å². The number of hydrogen-bond acceptors (Lipinski definition) is 6. The Kier molecular flexibility index (Phi) is 17.6. The summed E-state index contributed by atoms with van der Waals surface area (Å²) in [5, 5.41) is 9.84. The summed E-state index contributed by atoms with van der Waals surface area (Å²) >= 11 is 0. The number of H-pyrrole nitrogens is 2. The van der Waals surface area contributed by atoms with Crippen LogP contribution in [-0.4, -0.2) is 44.2 Å². The Hall–Kier alpha value is -9.21. The van der Waals surface area contributed by atoms with Gasteiger partial charge in [-0.1, -0.05) is 163 Å². The summed E-state index contributed by atoms with van der Waals surface area (Å²) in [5.41, 5.74) is 17.4. The molecule has 9 aromatic rings. The number of nitrogens with zero attached hydrogens (tertiary/aromatic N) is 3. The van der Waals surface area contributed by atoms with E-state index in [1.165, 1.54) is 64.2 Å². The lowest BCUT2D eigenvalue weighted by molar-refractivity contribution is 0.0697. The van der Waals surface area contributed by atoms with Gasteiger partial charge >= 0.3 is 5.97 Å². The van der Waals surface area contributed by atoms with Gasteiger partial charge in [0, 0.05) is 61.4 Å². The Morgan fingerprint density at radius 3 is 1.06 bits per heavy atom. The van der Waals surface area contributed by atoms with E-state index in [-0.39, 0.29) is 5.56 Å². The molecule has 0 saturated heterocycles. The number of aromatic amines is 2. The summed E-state index contributed by atoms with van der Waals surface area (Å²) in [6, 6.07) is 61.9. The van der Waals surface area contributed by atoms with Gasteiger partial charge in [-0.15, -0.1) is 0 Å². The third-order valence-corrected chi connectivity index (χ3v) is 15.4. The summed E-state index contributed by atoms with van der Waals surface area (Å²) in [7, 11) is 0. The average molecular weight is 1080 g/mol. The first kappa shape index (κ1) is 54.7. The van der Waals surface area contributed by atoms with Crippen molar-refractivity contribution >= 4 is 69.4 Å². The van der Waals surface area contributed by atoms with Crippen LogP contribution in [0.4, 0.5) is 17.1 Å². The number of nitrogens with one attached hydrogen (secondary N) is 2. The highest BCUT2D eigenvalue weighted by atomic mass is 16.5. The predicted molar refractivity (Wildman–Crippen MR) is 340 cm³/mol. The van der Waals surface area contributed by atoms with Crippen LogP contribution < -0.4 is 14.4 Å². The van der Waals surface area contributed by atoms with Gasteiger partial charge in [-0.2, -0.15) is 0 Å². The smallest absolute Gasteiger partial charge is 0.335 e. The van der Waals surface area contributed by atoms with Gasteiger partial charge in [-0.05, 0) is 156 Å². The first-order chi connectivity index (χ1) is 40.4. The van der Waals surface area contributed by atoms with Crippen molar-refractivity contribution in [2.24, 2.45) is 0 Å². The molecule has 0 atom stereocenters. The summed E-state index contributed by atoms with van der Waals surface area (Å²) < 4.78 is 12.5. The highest BCUT2D eigenvalue weighted by Crippen LogP contribution is 2.41. The van der Waals surface area contributed by atoms with E-state index in [1.807, 2.05) is 24.3 Å². The maximum absolute atomic E-state index is 12.0. The molecule has 6 aromatic carbocycles. The van der Waals surface area contributed by atoms with Gasteiger partial charge in [0.05, 0.1) is 41.6 Å². The fourth-order valence-electron chi connectivity index (χ4n) is 11.2. The summed E-state index contributed by atoms with van der Waals surface area (Å²) in [6.07, 6.45) is 23.0. The van der Waals surface area contributed by atoms with Crippen LogP contribution in [0.1, 0.15) is 124 Å².